The molecule has 36 heavy (non-hydrogen) atoms. The molecule has 0 saturated carbocycles. The first-order valence-electron chi connectivity index (χ1n) is 10.5. The number of hydrazone groups is 1. The van der Waals surface area contributed by atoms with Crippen LogP contribution in [0.1, 0.15) is 11.1 Å². The number of nitrogens with zero attached hydrogens (tertiary/aromatic N) is 4. The van der Waals surface area contributed by atoms with Crippen LogP contribution in [0.25, 0.3) is 17.1 Å². The Kier molecular flexibility index (Phi) is 7.54. The van der Waals surface area contributed by atoms with Crippen LogP contribution in [0.4, 0.5) is 17.6 Å². The van der Waals surface area contributed by atoms with Gasteiger partial charge in [-0.1, -0.05) is 42.5 Å². The quantitative estimate of drug-likeness (QED) is 0.157. The summed E-state index contributed by atoms with van der Waals surface area (Å²) in [4.78, 5) is 4.25. The first-order chi connectivity index (χ1) is 17.3. The summed E-state index contributed by atoms with van der Waals surface area (Å²) in [6.45, 7) is 0.230. The molecule has 0 saturated heterocycles. The van der Waals surface area contributed by atoms with Gasteiger partial charge in [0, 0.05) is 17.7 Å². The lowest BCUT2D eigenvalue weighted by Gasteiger charge is -2.09. The van der Waals surface area contributed by atoms with Gasteiger partial charge in [-0.15, -0.1) is 18.3 Å². The van der Waals surface area contributed by atoms with Gasteiger partial charge in [-0.2, -0.15) is 5.10 Å². The number of nitrogens with one attached hydrogen (secondary N) is 2. The van der Waals surface area contributed by atoms with Crippen molar-refractivity contribution in [3.8, 4) is 22.8 Å². The average molecular weight is 515 g/mol. The van der Waals surface area contributed by atoms with Crippen LogP contribution >= 0.6 is 12.2 Å². The van der Waals surface area contributed by atoms with E-state index in [0.29, 0.717) is 17.1 Å². The zero-order chi connectivity index (χ0) is 25.5. The third kappa shape index (κ3) is 6.85. The molecule has 7 nitrogen and oxygen atoms in total. The molecule has 0 spiro atoms. The van der Waals surface area contributed by atoms with Gasteiger partial charge in [-0.3, -0.25) is 5.43 Å². The van der Waals surface area contributed by atoms with Crippen LogP contribution in [0.2, 0.25) is 0 Å². The van der Waals surface area contributed by atoms with E-state index in [0.717, 1.165) is 11.1 Å². The summed E-state index contributed by atoms with van der Waals surface area (Å²) in [5.74, 6) is -0.199. The molecular weight excluding hydrogens is 496 g/mol. The second kappa shape index (κ2) is 11.0. The van der Waals surface area contributed by atoms with Crippen molar-refractivity contribution in [1.29, 1.82) is 0 Å². The Morgan fingerprint density at radius 1 is 1.03 bits per heavy atom. The Hall–Kier alpha value is -4.32. The van der Waals surface area contributed by atoms with Gasteiger partial charge in [-0.05, 0) is 48.1 Å². The lowest BCUT2D eigenvalue weighted by atomic mass is 10.1. The zero-order valence-electron chi connectivity index (χ0n) is 18.4. The molecule has 1 heterocycles. The topological polar surface area (TPSA) is 76.4 Å². The van der Waals surface area contributed by atoms with E-state index in [4.69, 9.17) is 12.2 Å². The molecule has 4 aromatic rings. The number of benzene rings is 3. The van der Waals surface area contributed by atoms with Crippen LogP contribution in [-0.2, 0) is 6.54 Å². The molecule has 3 aromatic carbocycles. The largest absolute Gasteiger partial charge is 0.573 e. The minimum Gasteiger partial charge on any atom is -0.406 e. The maximum atomic E-state index is 13.6. The first kappa shape index (κ1) is 24.8. The summed E-state index contributed by atoms with van der Waals surface area (Å²) in [6.07, 6.45) is -1.72. The first-order valence-corrected chi connectivity index (χ1v) is 10.9. The van der Waals surface area contributed by atoms with E-state index in [1.807, 2.05) is 0 Å². The van der Waals surface area contributed by atoms with Gasteiger partial charge in [0.1, 0.15) is 17.9 Å². The summed E-state index contributed by atoms with van der Waals surface area (Å²) >= 11 is 5.14. The highest BCUT2D eigenvalue weighted by atomic mass is 32.1. The highest BCUT2D eigenvalue weighted by molar-refractivity contribution is 7.80. The van der Waals surface area contributed by atoms with E-state index in [-0.39, 0.29) is 23.2 Å². The predicted octanol–water partition coefficient (Wildman–Crippen LogP) is 4.97. The molecule has 12 heteroatoms. The number of hydrogen-bond donors (Lipinski definition) is 2. The monoisotopic (exact) mass is 514 g/mol. The van der Waals surface area contributed by atoms with Crippen LogP contribution in [0.15, 0.2) is 84.2 Å². The van der Waals surface area contributed by atoms with E-state index < -0.39 is 6.36 Å². The number of ether oxygens (including phenoxy) is 1. The molecule has 1 aromatic heterocycles. The van der Waals surface area contributed by atoms with E-state index in [2.05, 4.69) is 30.7 Å². The van der Waals surface area contributed by atoms with Crippen LogP contribution in [0.5, 0.6) is 5.75 Å². The fourth-order valence-corrected chi connectivity index (χ4v) is 3.19. The third-order valence-electron chi connectivity index (χ3n) is 4.77. The number of hydrogen-bond acceptors (Lipinski definition) is 5. The zero-order valence-corrected chi connectivity index (χ0v) is 19.2. The molecule has 0 aliphatic heterocycles. The molecule has 0 atom stereocenters. The van der Waals surface area contributed by atoms with Gasteiger partial charge >= 0.3 is 6.36 Å². The predicted molar refractivity (Wildman–Crippen MR) is 130 cm³/mol. The molecular formula is C24H18F4N6OS. The molecule has 0 radical (unpaired) electrons. The molecule has 0 aliphatic rings. The Labute approximate surface area is 208 Å². The Morgan fingerprint density at radius 2 is 1.75 bits per heavy atom. The summed E-state index contributed by atoms with van der Waals surface area (Å²) in [7, 11) is 0. The van der Waals surface area contributed by atoms with Crippen molar-refractivity contribution in [3.05, 3.63) is 96.1 Å². The number of thiocarbonyl (C=S) groups is 1. The molecule has 4 rings (SSSR count). The van der Waals surface area contributed by atoms with Crippen molar-refractivity contribution in [2.45, 2.75) is 12.9 Å². The SMILES string of the molecule is Fc1ccccc1CNC(=S)NN=Cc1ccc(-c2ncn(-c3ccc(OC(F)(F)F)cc3)n2)cc1. The van der Waals surface area contributed by atoms with Crippen LogP contribution in [0.3, 0.4) is 0 Å². The fourth-order valence-electron chi connectivity index (χ4n) is 3.06. The van der Waals surface area contributed by atoms with Gasteiger partial charge in [0.05, 0.1) is 11.9 Å². The van der Waals surface area contributed by atoms with Crippen molar-refractivity contribution in [3.63, 3.8) is 0 Å². The van der Waals surface area contributed by atoms with Gasteiger partial charge in [0.2, 0.25) is 0 Å². The summed E-state index contributed by atoms with van der Waals surface area (Å²) in [6, 6.07) is 18.9. The Balaban J connectivity index is 1.31. The summed E-state index contributed by atoms with van der Waals surface area (Å²) < 4.78 is 55.9. The van der Waals surface area contributed by atoms with E-state index in [9.17, 15) is 17.6 Å². The van der Waals surface area contributed by atoms with Gasteiger partial charge in [0.15, 0.2) is 10.9 Å². The lowest BCUT2D eigenvalue weighted by molar-refractivity contribution is -0.274. The number of halogens is 4. The number of aromatic nitrogens is 3. The lowest BCUT2D eigenvalue weighted by Crippen LogP contribution is -2.31. The fraction of sp³-hybridized carbons (Fsp3) is 0.0833. The van der Waals surface area contributed by atoms with Crippen molar-refractivity contribution in [1.82, 2.24) is 25.5 Å². The highest BCUT2D eigenvalue weighted by Crippen LogP contribution is 2.24. The standard InChI is InChI=1S/C24H18F4N6OS/c25-21-4-2-1-3-18(21)14-29-23(36)32-31-13-16-5-7-17(8-6-16)22-30-15-34(33-22)19-9-11-20(12-10-19)35-24(26,27)28/h1-13,15H,14H2,(H2,29,32,36). The highest BCUT2D eigenvalue weighted by Gasteiger charge is 2.31. The third-order valence-corrected chi connectivity index (χ3v) is 5.01. The van der Waals surface area contributed by atoms with Crippen molar-refractivity contribution in [2.75, 3.05) is 0 Å². The molecule has 0 amide bonds. The number of alkyl halides is 3. The Bertz CT molecular complexity index is 1350. The van der Waals surface area contributed by atoms with Crippen molar-refractivity contribution in [2.24, 2.45) is 5.10 Å². The van der Waals surface area contributed by atoms with Gasteiger partial charge in [-0.25, -0.2) is 14.1 Å². The van der Waals surface area contributed by atoms with Gasteiger partial charge in [0.25, 0.3) is 0 Å². The normalized spacial score (nSPS) is 11.4. The maximum absolute atomic E-state index is 13.6. The van der Waals surface area contributed by atoms with Crippen molar-refractivity contribution < 1.29 is 22.3 Å². The van der Waals surface area contributed by atoms with Crippen molar-refractivity contribution >= 4 is 23.5 Å². The summed E-state index contributed by atoms with van der Waals surface area (Å²) in [5.41, 5.74) is 5.20. The Morgan fingerprint density at radius 3 is 2.44 bits per heavy atom. The molecule has 0 fully saturated rings. The minimum atomic E-state index is -4.75. The second-order valence-corrected chi connectivity index (χ2v) is 7.73. The smallest absolute Gasteiger partial charge is 0.406 e. The maximum Gasteiger partial charge on any atom is 0.573 e. The number of rotatable bonds is 7. The van der Waals surface area contributed by atoms with Gasteiger partial charge < -0.3 is 10.1 Å². The van der Waals surface area contributed by atoms with Crippen LogP contribution in [-0.4, -0.2) is 32.5 Å². The molecule has 2 N–H and O–H groups in total. The van der Waals surface area contributed by atoms with E-state index >= 15 is 0 Å². The minimum absolute atomic E-state index is 0.230. The molecule has 0 unspecified atom stereocenters. The molecule has 0 aliphatic carbocycles. The van der Waals surface area contributed by atoms with Crippen LogP contribution < -0.4 is 15.5 Å². The van der Waals surface area contributed by atoms with Crippen LogP contribution in [0, 0.1) is 5.82 Å². The second-order valence-electron chi connectivity index (χ2n) is 7.32. The average Bonchev–Trinajstić information content (AvgIpc) is 3.34. The molecule has 184 valence electrons. The summed E-state index contributed by atoms with van der Waals surface area (Å²) in [5, 5.41) is 11.6. The van der Waals surface area contributed by atoms with E-state index in [1.54, 1.807) is 48.7 Å². The van der Waals surface area contributed by atoms with E-state index in [1.165, 1.54) is 41.3 Å². The molecule has 0 bridgehead atoms.